The van der Waals surface area contributed by atoms with Gasteiger partial charge in [0.2, 0.25) is 0 Å². The number of piperidine rings is 1. The van der Waals surface area contributed by atoms with E-state index in [-0.39, 0.29) is 17.9 Å². The Bertz CT molecular complexity index is 768. The van der Waals surface area contributed by atoms with E-state index in [1.54, 1.807) is 17.0 Å². The molecule has 166 valence electrons. The average molecular weight is 421 g/mol. The summed E-state index contributed by atoms with van der Waals surface area (Å²) >= 11 is 0. The lowest BCUT2D eigenvalue weighted by Gasteiger charge is -2.33. The number of carbonyl (C=O) groups is 1. The first-order chi connectivity index (χ1) is 13.8. The Morgan fingerprint density at radius 3 is 2.20 bits per heavy atom. The minimum Gasteiger partial charge on any atom is -0.487 e. The molecule has 2 aliphatic rings. The van der Waals surface area contributed by atoms with E-state index in [9.17, 15) is 9.18 Å². The van der Waals surface area contributed by atoms with Crippen molar-refractivity contribution in [3.8, 4) is 5.75 Å². The van der Waals surface area contributed by atoms with Gasteiger partial charge in [-0.2, -0.15) is 0 Å². The van der Waals surface area contributed by atoms with E-state index < -0.39 is 29.7 Å². The molecule has 3 rings (SSSR count). The van der Waals surface area contributed by atoms with E-state index in [1.165, 1.54) is 6.07 Å². The fraction of sp³-hybridized carbons (Fsp3) is 0.682. The van der Waals surface area contributed by atoms with Crippen LogP contribution in [-0.4, -0.2) is 54.1 Å². The van der Waals surface area contributed by atoms with Gasteiger partial charge in [-0.25, -0.2) is 9.18 Å². The molecule has 0 N–H and O–H groups in total. The number of hydrogen-bond donors (Lipinski definition) is 0. The van der Waals surface area contributed by atoms with Crippen LogP contribution in [0.2, 0.25) is 0 Å². The molecular weight excluding hydrogens is 388 g/mol. The van der Waals surface area contributed by atoms with Crippen molar-refractivity contribution in [3.63, 3.8) is 0 Å². The van der Waals surface area contributed by atoms with E-state index in [0.29, 0.717) is 31.4 Å². The zero-order valence-electron chi connectivity index (χ0n) is 19.1. The highest BCUT2D eigenvalue weighted by Gasteiger charge is 2.51. The summed E-state index contributed by atoms with van der Waals surface area (Å²) in [6.45, 7) is 14.4. The Kier molecular flexibility index (Phi) is 6.13. The van der Waals surface area contributed by atoms with Crippen molar-refractivity contribution in [3.05, 3.63) is 24.0 Å². The third-order valence-electron chi connectivity index (χ3n) is 5.87. The maximum absolute atomic E-state index is 14.7. The molecule has 1 amide bonds. The lowest BCUT2D eigenvalue weighted by atomic mass is 9.79. The van der Waals surface area contributed by atoms with Crippen LogP contribution in [0, 0.1) is 5.82 Å². The van der Waals surface area contributed by atoms with Crippen LogP contribution >= 0.6 is 0 Å². The molecule has 2 fully saturated rings. The van der Waals surface area contributed by atoms with Gasteiger partial charge in [-0.15, -0.1) is 0 Å². The topological polar surface area (TPSA) is 57.2 Å². The van der Waals surface area contributed by atoms with Crippen molar-refractivity contribution in [2.24, 2.45) is 0 Å². The van der Waals surface area contributed by atoms with Crippen molar-refractivity contribution in [1.82, 2.24) is 4.90 Å². The molecule has 8 heteroatoms. The predicted octanol–water partition coefficient (Wildman–Crippen LogP) is 3.90. The van der Waals surface area contributed by atoms with Gasteiger partial charge in [-0.1, -0.05) is 6.07 Å². The van der Waals surface area contributed by atoms with E-state index >= 15 is 0 Å². The molecule has 0 saturated carbocycles. The Morgan fingerprint density at radius 1 is 1.13 bits per heavy atom. The van der Waals surface area contributed by atoms with Crippen molar-refractivity contribution < 1.29 is 28.0 Å². The third kappa shape index (κ3) is 5.09. The van der Waals surface area contributed by atoms with Gasteiger partial charge in [0.15, 0.2) is 11.6 Å². The summed E-state index contributed by atoms with van der Waals surface area (Å²) in [6.07, 6.45) is 0.773. The average Bonchev–Trinajstić information content (AvgIpc) is 2.83. The molecule has 1 aromatic rings. The molecule has 0 aromatic heterocycles. The zero-order valence-corrected chi connectivity index (χ0v) is 19.1. The summed E-state index contributed by atoms with van der Waals surface area (Å²) in [6, 6.07) is 4.81. The summed E-state index contributed by atoms with van der Waals surface area (Å²) in [5.74, 6) is -0.247. The number of amides is 1. The van der Waals surface area contributed by atoms with Crippen molar-refractivity contribution in [1.29, 1.82) is 0 Å². The Hall–Kier alpha value is -1.80. The second kappa shape index (κ2) is 8.04. The van der Waals surface area contributed by atoms with Crippen molar-refractivity contribution in [2.75, 3.05) is 13.1 Å². The van der Waals surface area contributed by atoms with E-state index in [0.717, 1.165) is 0 Å². The first kappa shape index (κ1) is 22.9. The molecule has 0 bridgehead atoms. The standard InChI is InChI=1S/C22H33BFNO5/c1-20(2,3)28-19(26)25-12-10-16(11-13-25)27-18-9-8-15(14-17(18)24)23-29-21(4,5)22(6,7)30-23/h8-9,14,16H,10-13H2,1-7H3. The Morgan fingerprint density at radius 2 is 1.70 bits per heavy atom. The number of benzene rings is 1. The number of nitrogens with zero attached hydrogens (tertiary/aromatic N) is 1. The van der Waals surface area contributed by atoms with Gasteiger partial charge in [0, 0.05) is 25.9 Å². The van der Waals surface area contributed by atoms with Crippen LogP contribution < -0.4 is 10.2 Å². The third-order valence-corrected chi connectivity index (χ3v) is 5.87. The van der Waals surface area contributed by atoms with Crippen LogP contribution in [0.25, 0.3) is 0 Å². The van der Waals surface area contributed by atoms with E-state index in [2.05, 4.69) is 0 Å². The van der Waals surface area contributed by atoms with Gasteiger partial charge in [-0.05, 0) is 66.1 Å². The number of likely N-dealkylation sites (tertiary alicyclic amines) is 1. The van der Waals surface area contributed by atoms with E-state index in [1.807, 2.05) is 48.5 Å². The highest BCUT2D eigenvalue weighted by Crippen LogP contribution is 2.36. The van der Waals surface area contributed by atoms with Gasteiger partial charge < -0.3 is 23.7 Å². The van der Waals surface area contributed by atoms with Gasteiger partial charge in [0.25, 0.3) is 0 Å². The van der Waals surface area contributed by atoms with Crippen LogP contribution in [-0.2, 0) is 14.0 Å². The van der Waals surface area contributed by atoms with Gasteiger partial charge >= 0.3 is 13.2 Å². The van der Waals surface area contributed by atoms with Crippen molar-refractivity contribution >= 4 is 18.7 Å². The molecular formula is C22H33BFNO5. The molecule has 2 heterocycles. The lowest BCUT2D eigenvalue weighted by molar-refractivity contribution is 0.00578. The number of rotatable bonds is 3. The van der Waals surface area contributed by atoms with Crippen LogP contribution in [0.4, 0.5) is 9.18 Å². The molecule has 0 atom stereocenters. The maximum Gasteiger partial charge on any atom is 0.494 e. The Labute approximate surface area is 179 Å². The fourth-order valence-corrected chi connectivity index (χ4v) is 3.40. The quantitative estimate of drug-likeness (QED) is 0.693. The van der Waals surface area contributed by atoms with Gasteiger partial charge in [0.05, 0.1) is 11.2 Å². The molecule has 0 aliphatic carbocycles. The Balaban J connectivity index is 1.57. The molecule has 2 saturated heterocycles. The molecule has 1 aromatic carbocycles. The zero-order chi connectivity index (χ0) is 22.3. The summed E-state index contributed by atoms with van der Waals surface area (Å²) in [5, 5.41) is 0. The normalized spacial score (nSPS) is 21.6. The molecule has 0 spiro atoms. The number of carbonyl (C=O) groups excluding carboxylic acids is 1. The second-order valence-corrected chi connectivity index (χ2v) is 10.1. The molecule has 2 aliphatic heterocycles. The number of hydrogen-bond acceptors (Lipinski definition) is 5. The minimum atomic E-state index is -0.615. The molecule has 0 radical (unpaired) electrons. The number of halogens is 1. The molecule has 30 heavy (non-hydrogen) atoms. The largest absolute Gasteiger partial charge is 0.494 e. The summed E-state index contributed by atoms with van der Waals surface area (Å²) in [5.41, 5.74) is -0.859. The summed E-state index contributed by atoms with van der Waals surface area (Å²) < 4.78 is 38.0. The predicted molar refractivity (Wildman–Crippen MR) is 114 cm³/mol. The smallest absolute Gasteiger partial charge is 0.487 e. The maximum atomic E-state index is 14.7. The SMILES string of the molecule is CC(C)(C)OC(=O)N1CCC(Oc2ccc(B3OC(C)(C)C(C)(C)O3)cc2F)CC1. The monoisotopic (exact) mass is 421 g/mol. The van der Waals surface area contributed by atoms with Gasteiger partial charge in [-0.3, -0.25) is 0 Å². The fourth-order valence-electron chi connectivity index (χ4n) is 3.40. The molecule has 6 nitrogen and oxygen atoms in total. The molecule has 0 unspecified atom stereocenters. The lowest BCUT2D eigenvalue weighted by Crippen LogP contribution is -2.44. The second-order valence-electron chi connectivity index (χ2n) is 10.1. The first-order valence-electron chi connectivity index (χ1n) is 10.6. The van der Waals surface area contributed by atoms with Crippen LogP contribution in [0.15, 0.2) is 18.2 Å². The number of ether oxygens (including phenoxy) is 2. The van der Waals surface area contributed by atoms with E-state index in [4.69, 9.17) is 18.8 Å². The highest BCUT2D eigenvalue weighted by atomic mass is 19.1. The first-order valence-corrected chi connectivity index (χ1v) is 10.6. The highest BCUT2D eigenvalue weighted by molar-refractivity contribution is 6.62. The van der Waals surface area contributed by atoms with Crippen LogP contribution in [0.3, 0.4) is 0 Å². The summed E-state index contributed by atoms with van der Waals surface area (Å²) in [7, 11) is -0.615. The van der Waals surface area contributed by atoms with Crippen LogP contribution in [0.1, 0.15) is 61.3 Å². The minimum absolute atomic E-state index is 0.152. The summed E-state index contributed by atoms with van der Waals surface area (Å²) in [4.78, 5) is 13.8. The van der Waals surface area contributed by atoms with Gasteiger partial charge in [0.1, 0.15) is 11.7 Å². The van der Waals surface area contributed by atoms with Crippen LogP contribution in [0.5, 0.6) is 5.75 Å². The van der Waals surface area contributed by atoms with Crippen molar-refractivity contribution in [2.45, 2.75) is 84.2 Å².